The van der Waals surface area contributed by atoms with E-state index < -0.39 is 10.6 Å². The number of rotatable bonds is 3. The summed E-state index contributed by atoms with van der Waals surface area (Å²) in [6, 6.07) is 5.43. The minimum atomic E-state index is -0.964. The molecular weight excluding hydrogens is 274 g/mol. The molecule has 1 heterocycles. The molecule has 0 fully saturated rings. The van der Waals surface area contributed by atoms with Crippen LogP contribution in [0.4, 0.5) is 5.69 Å². The number of hydrogen-bond acceptors (Lipinski definition) is 4. The summed E-state index contributed by atoms with van der Waals surface area (Å²) in [5.74, 6) is -0.449. The van der Waals surface area contributed by atoms with Crippen molar-refractivity contribution in [3.8, 4) is 0 Å². The van der Waals surface area contributed by atoms with E-state index in [0.29, 0.717) is 10.3 Å². The lowest BCUT2D eigenvalue weighted by atomic mass is 9.98. The third-order valence-electron chi connectivity index (χ3n) is 4.25. The Hall–Kier alpha value is -2.44. The molecule has 2 rings (SSSR count). The monoisotopic (exact) mass is 291 g/mol. The number of carbonyl (C=O) groups excluding carboxylic acids is 1. The van der Waals surface area contributed by atoms with Crippen molar-refractivity contribution in [1.29, 1.82) is 0 Å². The molecule has 1 aliphatic heterocycles. The molecule has 7 heteroatoms. The van der Waals surface area contributed by atoms with Crippen molar-refractivity contribution in [1.82, 2.24) is 4.90 Å². The number of non-ortho nitro benzene ring substituents is 1. The molecule has 7 nitrogen and oxygen atoms in total. The fourth-order valence-electron chi connectivity index (χ4n) is 2.42. The average molecular weight is 291 g/mol. The second-order valence-electron chi connectivity index (χ2n) is 5.56. The molecule has 0 spiro atoms. The first kappa shape index (κ1) is 15.0. The third kappa shape index (κ3) is 2.05. The van der Waals surface area contributed by atoms with E-state index in [4.69, 9.17) is 0 Å². The Labute approximate surface area is 122 Å². The summed E-state index contributed by atoms with van der Waals surface area (Å²) in [4.78, 5) is 23.9. The molecular formula is C14H17N3O4. The molecule has 0 N–H and O–H groups in total. The smallest absolute Gasteiger partial charge is 0.325 e. The van der Waals surface area contributed by atoms with E-state index in [1.54, 1.807) is 14.0 Å². The number of nitrogens with zero attached hydrogens (tertiary/aromatic N) is 3. The Morgan fingerprint density at radius 2 is 1.81 bits per heavy atom. The highest BCUT2D eigenvalue weighted by atomic mass is 16.6. The SMILES string of the molecule is CC(C)[C@]1(C)N(C)C(=O)C(c2ccc([N+](=O)[O-])cc2)=[N+]1[O-]. The van der Waals surface area contributed by atoms with Crippen LogP contribution in [0.15, 0.2) is 24.3 Å². The molecule has 1 aromatic rings. The van der Waals surface area contributed by atoms with Gasteiger partial charge < -0.3 is 5.21 Å². The van der Waals surface area contributed by atoms with E-state index in [0.717, 1.165) is 0 Å². The molecule has 0 saturated heterocycles. The highest BCUT2D eigenvalue weighted by Crippen LogP contribution is 2.31. The van der Waals surface area contributed by atoms with Gasteiger partial charge in [-0.3, -0.25) is 19.8 Å². The van der Waals surface area contributed by atoms with Crippen LogP contribution >= 0.6 is 0 Å². The Morgan fingerprint density at radius 1 is 1.29 bits per heavy atom. The van der Waals surface area contributed by atoms with E-state index in [1.165, 1.54) is 29.2 Å². The number of nitro benzene ring substituents is 1. The molecule has 1 aliphatic rings. The van der Waals surface area contributed by atoms with Gasteiger partial charge in [0.05, 0.1) is 10.5 Å². The molecule has 112 valence electrons. The van der Waals surface area contributed by atoms with Gasteiger partial charge in [-0.2, -0.15) is 4.74 Å². The summed E-state index contributed by atoms with van der Waals surface area (Å²) in [5.41, 5.74) is -0.642. The van der Waals surface area contributed by atoms with Crippen LogP contribution in [0.25, 0.3) is 0 Å². The van der Waals surface area contributed by atoms with Gasteiger partial charge in [0.2, 0.25) is 0 Å². The predicted octanol–water partition coefficient (Wildman–Crippen LogP) is 1.74. The van der Waals surface area contributed by atoms with Crippen molar-refractivity contribution in [2.45, 2.75) is 26.4 Å². The van der Waals surface area contributed by atoms with Crippen molar-refractivity contribution < 1.29 is 14.5 Å². The molecule has 0 bridgehead atoms. The van der Waals surface area contributed by atoms with Gasteiger partial charge in [-0.05, 0) is 12.1 Å². The molecule has 0 unspecified atom stereocenters. The van der Waals surface area contributed by atoms with Crippen molar-refractivity contribution >= 4 is 17.3 Å². The number of hydrogen-bond donors (Lipinski definition) is 0. The minimum Gasteiger partial charge on any atom is -0.621 e. The molecule has 1 atom stereocenters. The molecule has 0 saturated carbocycles. The average Bonchev–Trinajstić information content (AvgIpc) is 2.61. The van der Waals surface area contributed by atoms with Crippen molar-refractivity contribution in [2.75, 3.05) is 7.05 Å². The van der Waals surface area contributed by atoms with Crippen LogP contribution in [0.1, 0.15) is 26.3 Å². The largest absolute Gasteiger partial charge is 0.621 e. The number of benzene rings is 1. The van der Waals surface area contributed by atoms with E-state index in [2.05, 4.69) is 0 Å². The lowest BCUT2D eigenvalue weighted by Crippen LogP contribution is -2.51. The first-order valence-corrected chi connectivity index (χ1v) is 6.58. The van der Waals surface area contributed by atoms with E-state index in [1.807, 2.05) is 13.8 Å². The predicted molar refractivity (Wildman–Crippen MR) is 76.8 cm³/mol. The van der Waals surface area contributed by atoms with Crippen LogP contribution in [0.5, 0.6) is 0 Å². The summed E-state index contributed by atoms with van der Waals surface area (Å²) >= 11 is 0. The highest BCUT2D eigenvalue weighted by molar-refractivity contribution is 6.44. The zero-order valence-corrected chi connectivity index (χ0v) is 12.4. The standard InChI is InChI=1S/C14H17N3O4/c1-9(2)14(3)15(4)13(18)12(16(14)19)10-5-7-11(8-6-10)17(20)21/h5-9H,1-4H3/t14-/m1/s1. The number of carbonyl (C=O) groups is 1. The third-order valence-corrected chi connectivity index (χ3v) is 4.25. The normalized spacial score (nSPS) is 22.3. The molecule has 21 heavy (non-hydrogen) atoms. The lowest BCUT2D eigenvalue weighted by molar-refractivity contribution is -0.570. The van der Waals surface area contributed by atoms with Crippen LogP contribution in [0.2, 0.25) is 0 Å². The van der Waals surface area contributed by atoms with E-state index in [-0.39, 0.29) is 23.2 Å². The maximum atomic E-state index is 12.6. The zero-order chi connectivity index (χ0) is 15.9. The lowest BCUT2D eigenvalue weighted by Gasteiger charge is -2.32. The Kier molecular flexibility index (Phi) is 3.44. The molecule has 0 radical (unpaired) electrons. The highest BCUT2D eigenvalue weighted by Gasteiger charge is 2.54. The summed E-state index contributed by atoms with van der Waals surface area (Å²) in [5, 5.41) is 23.3. The van der Waals surface area contributed by atoms with Crippen LogP contribution in [0.3, 0.4) is 0 Å². The van der Waals surface area contributed by atoms with E-state index in [9.17, 15) is 20.1 Å². The number of hydroxylamine groups is 1. The van der Waals surface area contributed by atoms with Crippen LogP contribution < -0.4 is 0 Å². The minimum absolute atomic E-state index is 0.0172. The number of nitro groups is 1. The number of likely N-dealkylation sites (N-methyl/N-ethyl adjacent to an activating group) is 1. The fraction of sp³-hybridized carbons (Fsp3) is 0.429. The van der Waals surface area contributed by atoms with E-state index >= 15 is 0 Å². The second-order valence-corrected chi connectivity index (χ2v) is 5.56. The summed E-state index contributed by atoms with van der Waals surface area (Å²) in [6.45, 7) is 5.45. The molecule has 0 aliphatic carbocycles. The van der Waals surface area contributed by atoms with Crippen molar-refractivity contribution in [3.05, 3.63) is 45.2 Å². The zero-order valence-electron chi connectivity index (χ0n) is 12.4. The van der Waals surface area contributed by atoms with Gasteiger partial charge in [0.25, 0.3) is 17.1 Å². The maximum Gasteiger partial charge on any atom is 0.325 e. The van der Waals surface area contributed by atoms with Gasteiger partial charge in [-0.25, -0.2) is 0 Å². The van der Waals surface area contributed by atoms with Gasteiger partial charge >= 0.3 is 5.91 Å². The summed E-state index contributed by atoms with van der Waals surface area (Å²) in [6.07, 6.45) is 0. The molecule has 0 aromatic heterocycles. The Morgan fingerprint density at radius 3 is 2.19 bits per heavy atom. The van der Waals surface area contributed by atoms with Gasteiger partial charge in [0, 0.05) is 32.0 Å². The first-order valence-electron chi connectivity index (χ1n) is 6.58. The van der Waals surface area contributed by atoms with Crippen LogP contribution in [-0.4, -0.2) is 38.9 Å². The maximum absolute atomic E-state index is 12.6. The second kappa shape index (κ2) is 4.83. The van der Waals surface area contributed by atoms with Gasteiger partial charge in [0.15, 0.2) is 0 Å². The molecule has 1 aromatic carbocycles. The topological polar surface area (TPSA) is 89.5 Å². The van der Waals surface area contributed by atoms with Crippen molar-refractivity contribution in [2.24, 2.45) is 5.92 Å². The van der Waals surface area contributed by atoms with Crippen molar-refractivity contribution in [3.63, 3.8) is 0 Å². The van der Waals surface area contributed by atoms with Crippen LogP contribution in [-0.2, 0) is 4.79 Å². The quantitative estimate of drug-likeness (QED) is 0.367. The summed E-state index contributed by atoms with van der Waals surface area (Å²) in [7, 11) is 1.59. The Balaban J connectivity index is 2.54. The van der Waals surface area contributed by atoms with Gasteiger partial charge in [-0.15, -0.1) is 0 Å². The van der Waals surface area contributed by atoms with Gasteiger partial charge in [-0.1, -0.05) is 13.8 Å². The first-order chi connectivity index (χ1) is 9.71. The summed E-state index contributed by atoms with van der Waals surface area (Å²) < 4.78 is 0.709. The number of amides is 1. The Bertz CT molecular complexity index is 636. The van der Waals surface area contributed by atoms with Gasteiger partial charge in [0.1, 0.15) is 0 Å². The van der Waals surface area contributed by atoms with Crippen LogP contribution in [0, 0.1) is 21.2 Å². The molecule has 1 amide bonds. The fourth-order valence-corrected chi connectivity index (χ4v) is 2.42.